The minimum Gasteiger partial charge on any atom is -0.349 e. The molecule has 1 saturated heterocycles. The molecule has 0 radical (unpaired) electrons. The minimum absolute atomic E-state index is 0. The van der Waals surface area contributed by atoms with Crippen LogP contribution in [-0.2, 0) is 10.0 Å². The van der Waals surface area contributed by atoms with Crippen molar-refractivity contribution in [3.63, 3.8) is 0 Å². The zero-order chi connectivity index (χ0) is 19.4. The topological polar surface area (TPSA) is 87.3 Å². The summed E-state index contributed by atoms with van der Waals surface area (Å²) in [6.45, 7) is 3.46. The summed E-state index contributed by atoms with van der Waals surface area (Å²) >= 11 is 0. The number of carbonyl (C=O) groups is 1. The summed E-state index contributed by atoms with van der Waals surface area (Å²) in [7, 11) is -3.89. The maximum atomic E-state index is 13.0. The number of aryl methyl sites for hydroxylation is 1. The summed E-state index contributed by atoms with van der Waals surface area (Å²) in [6, 6.07) is 9.53. The van der Waals surface area contributed by atoms with Crippen molar-refractivity contribution in [1.82, 2.24) is 10.6 Å². The molecule has 0 atom stereocenters. The number of amides is 1. The highest BCUT2D eigenvalue weighted by molar-refractivity contribution is 7.92. The van der Waals surface area contributed by atoms with Gasteiger partial charge in [0.25, 0.3) is 15.9 Å². The molecule has 1 fully saturated rings. The summed E-state index contributed by atoms with van der Waals surface area (Å²) < 4.78 is 40.6. The van der Waals surface area contributed by atoms with Crippen LogP contribution < -0.4 is 15.4 Å². The third kappa shape index (κ3) is 5.43. The summed E-state index contributed by atoms with van der Waals surface area (Å²) in [6.07, 6.45) is 1.68. The van der Waals surface area contributed by atoms with Crippen molar-refractivity contribution in [2.45, 2.75) is 30.7 Å². The quantitative estimate of drug-likeness (QED) is 0.684. The van der Waals surface area contributed by atoms with E-state index < -0.39 is 15.8 Å². The lowest BCUT2D eigenvalue weighted by atomic mass is 10.0. The molecule has 28 heavy (non-hydrogen) atoms. The van der Waals surface area contributed by atoms with Gasteiger partial charge in [0.1, 0.15) is 5.82 Å². The first-order valence-electron chi connectivity index (χ1n) is 8.76. The van der Waals surface area contributed by atoms with Gasteiger partial charge in [-0.3, -0.25) is 9.52 Å². The smallest absolute Gasteiger partial charge is 0.261 e. The number of carbonyl (C=O) groups excluding carboxylic acids is 1. The highest BCUT2D eigenvalue weighted by atomic mass is 35.5. The van der Waals surface area contributed by atoms with Crippen LogP contribution in [0.2, 0.25) is 0 Å². The van der Waals surface area contributed by atoms with Crippen LogP contribution in [-0.4, -0.2) is 33.5 Å². The molecule has 1 heterocycles. The Hall–Kier alpha value is -2.16. The Labute approximate surface area is 170 Å². The average Bonchev–Trinajstić information content (AvgIpc) is 2.64. The number of hydrogen-bond acceptors (Lipinski definition) is 4. The molecule has 0 bridgehead atoms. The average molecular weight is 428 g/mol. The fraction of sp³-hybridized carbons (Fsp3) is 0.316. The van der Waals surface area contributed by atoms with Crippen molar-refractivity contribution in [3.05, 3.63) is 59.4 Å². The van der Waals surface area contributed by atoms with Crippen molar-refractivity contribution in [2.75, 3.05) is 17.8 Å². The molecule has 1 amide bonds. The number of benzene rings is 2. The third-order valence-electron chi connectivity index (χ3n) is 4.53. The second kappa shape index (κ2) is 9.36. The van der Waals surface area contributed by atoms with Crippen molar-refractivity contribution >= 4 is 34.0 Å². The van der Waals surface area contributed by atoms with Crippen LogP contribution >= 0.6 is 12.4 Å². The molecule has 3 rings (SSSR count). The van der Waals surface area contributed by atoms with Gasteiger partial charge in [0.2, 0.25) is 0 Å². The van der Waals surface area contributed by atoms with E-state index in [4.69, 9.17) is 0 Å². The van der Waals surface area contributed by atoms with E-state index in [9.17, 15) is 17.6 Å². The summed E-state index contributed by atoms with van der Waals surface area (Å²) in [5.74, 6) is -0.733. The molecule has 0 unspecified atom stereocenters. The molecular weight excluding hydrogens is 405 g/mol. The molecular formula is C19H23ClFN3O3S. The van der Waals surface area contributed by atoms with E-state index in [-0.39, 0.29) is 34.9 Å². The van der Waals surface area contributed by atoms with Crippen LogP contribution in [0, 0.1) is 12.7 Å². The summed E-state index contributed by atoms with van der Waals surface area (Å²) in [5, 5.41) is 6.21. The molecule has 3 N–H and O–H groups in total. The second-order valence-electron chi connectivity index (χ2n) is 6.59. The zero-order valence-electron chi connectivity index (χ0n) is 15.4. The van der Waals surface area contributed by atoms with E-state index in [0.717, 1.165) is 25.9 Å². The third-order valence-corrected chi connectivity index (χ3v) is 5.91. The normalized spacial score (nSPS) is 14.8. The van der Waals surface area contributed by atoms with Crippen LogP contribution in [0.3, 0.4) is 0 Å². The van der Waals surface area contributed by atoms with Crippen molar-refractivity contribution in [1.29, 1.82) is 0 Å². The number of nitrogens with one attached hydrogen (secondary N) is 3. The Morgan fingerprint density at radius 3 is 2.39 bits per heavy atom. The molecule has 2 aromatic rings. The van der Waals surface area contributed by atoms with Gasteiger partial charge in [0.15, 0.2) is 0 Å². The predicted octanol–water partition coefficient (Wildman–Crippen LogP) is 2.84. The first-order chi connectivity index (χ1) is 12.8. The van der Waals surface area contributed by atoms with Gasteiger partial charge in [0.05, 0.1) is 4.90 Å². The molecule has 2 aromatic carbocycles. The molecule has 0 saturated carbocycles. The van der Waals surface area contributed by atoms with Gasteiger partial charge in [-0.05, 0) is 74.8 Å². The van der Waals surface area contributed by atoms with E-state index in [2.05, 4.69) is 15.4 Å². The van der Waals surface area contributed by atoms with Gasteiger partial charge >= 0.3 is 0 Å². The van der Waals surface area contributed by atoms with E-state index in [1.165, 1.54) is 36.4 Å². The number of hydrogen-bond donors (Lipinski definition) is 3. The minimum atomic E-state index is -3.89. The fourth-order valence-corrected chi connectivity index (χ4v) is 4.06. The Morgan fingerprint density at radius 2 is 1.75 bits per heavy atom. The molecule has 6 nitrogen and oxygen atoms in total. The number of anilines is 1. The van der Waals surface area contributed by atoms with Gasteiger partial charge in [-0.15, -0.1) is 12.4 Å². The van der Waals surface area contributed by atoms with E-state index in [1.54, 1.807) is 13.0 Å². The van der Waals surface area contributed by atoms with E-state index >= 15 is 0 Å². The first-order valence-corrected chi connectivity index (χ1v) is 10.2. The van der Waals surface area contributed by atoms with Crippen molar-refractivity contribution in [2.24, 2.45) is 0 Å². The fourth-order valence-electron chi connectivity index (χ4n) is 2.97. The van der Waals surface area contributed by atoms with Crippen LogP contribution in [0.25, 0.3) is 0 Å². The molecule has 1 aliphatic heterocycles. The lowest BCUT2D eigenvalue weighted by molar-refractivity contribution is 0.0928. The zero-order valence-corrected chi connectivity index (χ0v) is 17.0. The number of piperidine rings is 1. The standard InChI is InChI=1S/C19H22FN3O3S.ClH/c1-13-2-7-17(27(25,26)23-16-5-3-14(20)4-6-16)12-18(13)19(24)22-15-8-10-21-11-9-15;/h2-7,12,15,21,23H,8-11H2,1H3,(H,22,24);1H. The molecule has 152 valence electrons. The van der Waals surface area contributed by atoms with Crippen molar-refractivity contribution < 1.29 is 17.6 Å². The highest BCUT2D eigenvalue weighted by Gasteiger charge is 2.21. The van der Waals surface area contributed by atoms with Gasteiger partial charge in [0, 0.05) is 17.3 Å². The number of halogens is 2. The van der Waals surface area contributed by atoms with Crippen LogP contribution in [0.4, 0.5) is 10.1 Å². The Balaban J connectivity index is 0.00000280. The van der Waals surface area contributed by atoms with Gasteiger partial charge < -0.3 is 10.6 Å². The predicted molar refractivity (Wildman–Crippen MR) is 109 cm³/mol. The Kier molecular flexibility index (Phi) is 7.40. The Morgan fingerprint density at radius 1 is 1.11 bits per heavy atom. The maximum absolute atomic E-state index is 13.0. The highest BCUT2D eigenvalue weighted by Crippen LogP contribution is 2.20. The first kappa shape index (κ1) is 22.1. The van der Waals surface area contributed by atoms with Crippen LogP contribution in [0.1, 0.15) is 28.8 Å². The molecule has 0 aromatic heterocycles. The molecule has 0 spiro atoms. The van der Waals surface area contributed by atoms with Crippen LogP contribution in [0.15, 0.2) is 47.4 Å². The lowest BCUT2D eigenvalue weighted by Gasteiger charge is -2.24. The monoisotopic (exact) mass is 427 g/mol. The SMILES string of the molecule is Cc1ccc(S(=O)(=O)Nc2ccc(F)cc2)cc1C(=O)NC1CCNCC1.Cl. The van der Waals surface area contributed by atoms with E-state index in [1.807, 2.05) is 0 Å². The number of rotatable bonds is 5. The molecule has 0 aliphatic carbocycles. The summed E-state index contributed by atoms with van der Waals surface area (Å²) in [5.41, 5.74) is 1.27. The largest absolute Gasteiger partial charge is 0.349 e. The number of sulfonamides is 1. The van der Waals surface area contributed by atoms with Crippen molar-refractivity contribution in [3.8, 4) is 0 Å². The lowest BCUT2D eigenvalue weighted by Crippen LogP contribution is -2.42. The Bertz CT molecular complexity index is 930. The van der Waals surface area contributed by atoms with Gasteiger partial charge in [-0.1, -0.05) is 6.07 Å². The second-order valence-corrected chi connectivity index (χ2v) is 8.27. The summed E-state index contributed by atoms with van der Waals surface area (Å²) in [4.78, 5) is 12.6. The van der Waals surface area contributed by atoms with Crippen LogP contribution in [0.5, 0.6) is 0 Å². The van der Waals surface area contributed by atoms with Gasteiger partial charge in [-0.25, -0.2) is 12.8 Å². The molecule has 1 aliphatic rings. The maximum Gasteiger partial charge on any atom is 0.261 e. The van der Waals surface area contributed by atoms with E-state index in [0.29, 0.717) is 11.1 Å². The molecule has 9 heteroatoms. The van der Waals surface area contributed by atoms with Gasteiger partial charge in [-0.2, -0.15) is 0 Å².